The number of piperidine rings is 1. The molecule has 364 valence electrons. The van der Waals surface area contributed by atoms with E-state index in [1.54, 1.807) is 49.0 Å². The maximum absolute atomic E-state index is 14.0. The molecule has 6 amide bonds. The van der Waals surface area contributed by atoms with E-state index in [4.69, 9.17) is 9.47 Å². The molecule has 2 fully saturated rings. The van der Waals surface area contributed by atoms with E-state index < -0.39 is 39.4 Å². The van der Waals surface area contributed by atoms with Crippen LogP contribution in [0.15, 0.2) is 54.6 Å². The topological polar surface area (TPSA) is 219 Å². The fraction of sp³-hybridized carbons (Fsp3) is 0.490. The molecule has 4 aromatic rings. The van der Waals surface area contributed by atoms with E-state index in [9.17, 15) is 37.2 Å². The number of rotatable bonds is 22. The zero-order valence-corrected chi connectivity index (χ0v) is 40.1. The van der Waals surface area contributed by atoms with Crippen LogP contribution in [0.2, 0.25) is 0 Å². The van der Waals surface area contributed by atoms with Crippen LogP contribution in [0.3, 0.4) is 0 Å². The smallest absolute Gasteiger partial charge is 0.264 e. The van der Waals surface area contributed by atoms with E-state index in [1.165, 1.54) is 13.2 Å². The molecule has 3 N–H and O–H groups in total. The van der Waals surface area contributed by atoms with E-state index >= 15 is 0 Å². The summed E-state index contributed by atoms with van der Waals surface area (Å²) in [6.07, 6.45) is 8.90. The molecule has 3 aliphatic rings. The average molecular weight is 955 g/mol. The molecule has 0 spiro atoms. The second-order valence-corrected chi connectivity index (χ2v) is 20.0. The molecule has 68 heavy (non-hydrogen) atoms. The van der Waals surface area contributed by atoms with Crippen molar-refractivity contribution >= 4 is 67.6 Å². The fourth-order valence-electron chi connectivity index (χ4n) is 9.33. The first-order valence-corrected chi connectivity index (χ1v) is 25.5. The van der Waals surface area contributed by atoms with Gasteiger partial charge in [0.15, 0.2) is 11.5 Å². The monoisotopic (exact) mass is 954 g/mol. The molecule has 3 aromatic carbocycles. The largest absolute Gasteiger partial charge is 0.493 e. The van der Waals surface area contributed by atoms with Gasteiger partial charge in [0, 0.05) is 63.4 Å². The summed E-state index contributed by atoms with van der Waals surface area (Å²) in [4.78, 5) is 83.6. The third-order valence-corrected chi connectivity index (χ3v) is 13.7. The number of methoxy groups -OCH3 is 1. The number of fused-ring (bicyclic) bond motifs is 2. The Morgan fingerprint density at radius 1 is 0.853 bits per heavy atom. The molecule has 19 heteroatoms. The number of unbranched alkanes of at least 4 members (excludes halogenated alkanes) is 6. The van der Waals surface area contributed by atoms with Crippen molar-refractivity contribution in [2.75, 3.05) is 75.6 Å². The van der Waals surface area contributed by atoms with Gasteiger partial charge in [0.25, 0.3) is 11.8 Å². The number of amides is 6. The zero-order valence-electron chi connectivity index (χ0n) is 39.3. The Bertz CT molecular complexity index is 2660. The molecular weight excluding hydrogens is 893 g/mol. The van der Waals surface area contributed by atoms with Crippen LogP contribution in [-0.4, -0.2) is 133 Å². The number of anilines is 2. The molecule has 1 unspecified atom stereocenters. The fourth-order valence-corrected chi connectivity index (χ4v) is 10.2. The lowest BCUT2D eigenvalue weighted by atomic mass is 9.93. The number of benzene rings is 3. The van der Waals surface area contributed by atoms with Gasteiger partial charge in [-0.2, -0.15) is 5.10 Å². The van der Waals surface area contributed by atoms with Crippen molar-refractivity contribution in [2.24, 2.45) is 7.05 Å². The maximum Gasteiger partial charge on any atom is 0.264 e. The molecule has 0 aliphatic carbocycles. The van der Waals surface area contributed by atoms with Crippen LogP contribution in [0, 0.1) is 0 Å². The Hall–Kier alpha value is -6.18. The van der Waals surface area contributed by atoms with Gasteiger partial charge < -0.3 is 25.0 Å². The summed E-state index contributed by atoms with van der Waals surface area (Å²) in [6, 6.07) is 13.9. The molecule has 2 saturated heterocycles. The van der Waals surface area contributed by atoms with Gasteiger partial charge in [-0.15, -0.1) is 0 Å². The van der Waals surface area contributed by atoms with Gasteiger partial charge in [0.2, 0.25) is 23.6 Å². The van der Waals surface area contributed by atoms with Crippen LogP contribution >= 0.6 is 0 Å². The molecule has 1 aromatic heterocycles. The van der Waals surface area contributed by atoms with Crippen molar-refractivity contribution in [3.63, 3.8) is 0 Å². The lowest BCUT2D eigenvalue weighted by molar-refractivity contribution is -0.134. The van der Waals surface area contributed by atoms with Crippen molar-refractivity contribution < 1.29 is 46.7 Å². The second kappa shape index (κ2) is 22.3. The van der Waals surface area contributed by atoms with Crippen LogP contribution in [0.1, 0.15) is 115 Å². The normalized spacial score (nSPS) is 17.3. The van der Waals surface area contributed by atoms with Crippen LogP contribution in [0.5, 0.6) is 11.5 Å². The highest BCUT2D eigenvalue weighted by atomic mass is 32.2. The summed E-state index contributed by atoms with van der Waals surface area (Å²) < 4.78 is 38.0. The highest BCUT2D eigenvalue weighted by Crippen LogP contribution is 2.39. The number of imide groups is 2. The van der Waals surface area contributed by atoms with Gasteiger partial charge in [0.05, 0.1) is 66.0 Å². The van der Waals surface area contributed by atoms with Crippen LogP contribution in [0.4, 0.5) is 11.4 Å². The van der Waals surface area contributed by atoms with Crippen molar-refractivity contribution in [3.05, 3.63) is 77.0 Å². The summed E-state index contributed by atoms with van der Waals surface area (Å²) in [6.45, 7) is 6.83. The molecule has 0 radical (unpaired) electrons. The summed E-state index contributed by atoms with van der Waals surface area (Å²) in [5.41, 5.74) is 2.82. The van der Waals surface area contributed by atoms with Crippen LogP contribution in [-0.2, 0) is 36.1 Å². The summed E-state index contributed by atoms with van der Waals surface area (Å²) >= 11 is 0. The SMILES string of the molecule is CCOc1cc([C@@H](CS(C)(=O)=O)N2C(=O)c3cccc(NC(=O)CCCCCCCCCN4CCN(CC(=O)Nc5ccc6c(C7CCC(=O)NC7=O)nn(C)c6c5)CC4)c3C2=O)ccc1OC. The third-order valence-electron chi connectivity index (χ3n) is 12.8. The van der Waals surface area contributed by atoms with Crippen LogP contribution < -0.4 is 25.4 Å². The molecule has 2 atom stereocenters. The molecule has 3 aliphatic heterocycles. The number of aryl methyl sites for hydroxylation is 1. The zero-order chi connectivity index (χ0) is 48.5. The number of sulfone groups is 1. The van der Waals surface area contributed by atoms with Crippen molar-refractivity contribution in [2.45, 2.75) is 83.1 Å². The minimum Gasteiger partial charge on any atom is -0.493 e. The number of piperazine rings is 1. The Balaban J connectivity index is 0.780. The minimum atomic E-state index is -3.67. The number of carbonyl (C=O) groups excluding carboxylic acids is 6. The lowest BCUT2D eigenvalue weighted by Crippen LogP contribution is -2.48. The van der Waals surface area contributed by atoms with Crippen molar-refractivity contribution in [3.8, 4) is 11.5 Å². The van der Waals surface area contributed by atoms with E-state index in [-0.39, 0.29) is 53.3 Å². The van der Waals surface area contributed by atoms with Gasteiger partial charge >= 0.3 is 0 Å². The quantitative estimate of drug-likeness (QED) is 0.0683. The summed E-state index contributed by atoms with van der Waals surface area (Å²) in [5, 5.41) is 13.7. The standard InChI is InChI=1S/C49H62N8O10S/c1-5-67-41-28-32(17-21-40(41)66-3)39(31-68(4,64)65)57-48(62)35-14-13-15-37(45(35)49(57)63)51-42(58)16-11-9-7-6-8-10-12-23-55-24-26-56(27-25-55)30-44(60)50-33-18-19-34-38(29-33)54(2)53-46(34)36-20-22-43(59)52-47(36)61/h13-15,17-19,21,28-29,36,39H,5-12,16,20,22-27,30-31H2,1-4H3,(H,50,60)(H,51,58)(H,52,59,61)/t36?,39-/m1/s1. The van der Waals surface area contributed by atoms with E-state index in [0.29, 0.717) is 54.4 Å². The first-order valence-electron chi connectivity index (χ1n) is 23.5. The number of hydrogen-bond donors (Lipinski definition) is 3. The molecule has 18 nitrogen and oxygen atoms in total. The number of nitrogens with zero attached hydrogens (tertiary/aromatic N) is 5. The van der Waals surface area contributed by atoms with Crippen molar-refractivity contribution in [1.82, 2.24) is 29.8 Å². The predicted molar refractivity (Wildman–Crippen MR) is 256 cm³/mol. The second-order valence-electron chi connectivity index (χ2n) is 17.8. The Morgan fingerprint density at radius 3 is 2.28 bits per heavy atom. The number of ether oxygens (including phenoxy) is 2. The van der Waals surface area contributed by atoms with Crippen molar-refractivity contribution in [1.29, 1.82) is 0 Å². The van der Waals surface area contributed by atoms with Gasteiger partial charge in [-0.05, 0) is 80.8 Å². The molecule has 0 saturated carbocycles. The number of nitrogens with one attached hydrogen (secondary N) is 3. The first-order chi connectivity index (χ1) is 32.6. The Kier molecular flexibility index (Phi) is 16.3. The maximum atomic E-state index is 14.0. The summed E-state index contributed by atoms with van der Waals surface area (Å²) in [7, 11) is -0.394. The highest BCUT2D eigenvalue weighted by Gasteiger charge is 2.43. The number of carbonyl (C=O) groups is 6. The minimum absolute atomic E-state index is 0.0370. The lowest BCUT2D eigenvalue weighted by Gasteiger charge is -2.34. The third kappa shape index (κ3) is 12.1. The van der Waals surface area contributed by atoms with Gasteiger partial charge in [0.1, 0.15) is 9.84 Å². The van der Waals surface area contributed by atoms with Crippen LogP contribution in [0.25, 0.3) is 10.9 Å². The van der Waals surface area contributed by atoms with E-state index in [0.717, 1.165) is 93.3 Å². The van der Waals surface area contributed by atoms with Gasteiger partial charge in [-0.3, -0.25) is 48.6 Å². The molecular formula is C49H62N8O10S. The summed E-state index contributed by atoms with van der Waals surface area (Å²) in [5.74, 6) is -2.51. The number of hydrogen-bond acceptors (Lipinski definition) is 13. The highest BCUT2D eigenvalue weighted by molar-refractivity contribution is 7.90. The Morgan fingerprint density at radius 2 is 1.57 bits per heavy atom. The Labute approximate surface area is 397 Å². The molecule has 7 rings (SSSR count). The molecule has 0 bridgehead atoms. The molecule has 4 heterocycles. The van der Waals surface area contributed by atoms with Gasteiger partial charge in [-0.25, -0.2) is 8.42 Å². The predicted octanol–water partition coefficient (Wildman–Crippen LogP) is 5.20. The number of aromatic nitrogens is 2. The van der Waals surface area contributed by atoms with E-state index in [2.05, 4.69) is 30.8 Å². The van der Waals surface area contributed by atoms with Gasteiger partial charge in [-0.1, -0.05) is 44.2 Å². The first kappa shape index (κ1) is 49.7. The average Bonchev–Trinajstić information content (AvgIpc) is 3.76. The van der Waals surface area contributed by atoms with E-state index in [1.807, 2.05) is 18.2 Å².